The van der Waals surface area contributed by atoms with E-state index in [-0.39, 0.29) is 34.9 Å². The number of hydrogen-bond acceptors (Lipinski definition) is 3. The average molecular weight is 322 g/mol. The summed E-state index contributed by atoms with van der Waals surface area (Å²) in [7, 11) is 0. The van der Waals surface area contributed by atoms with Crippen molar-refractivity contribution in [2.45, 2.75) is 77.9 Å². The van der Waals surface area contributed by atoms with E-state index in [1.807, 2.05) is 6.92 Å². The van der Waals surface area contributed by atoms with E-state index in [1.54, 1.807) is 0 Å². The molecule has 4 aliphatic carbocycles. The minimum absolute atomic E-state index is 0.0291. The predicted octanol–water partition coefficient (Wildman–Crippen LogP) is 2.97. The first-order chi connectivity index (χ1) is 10.6. The van der Waals surface area contributed by atoms with Gasteiger partial charge < -0.3 is 15.3 Å². The Morgan fingerprint density at radius 2 is 1.70 bits per heavy atom. The van der Waals surface area contributed by atoms with Gasteiger partial charge in [-0.25, -0.2) is 0 Å². The Balaban J connectivity index is 1.92. The second-order valence-electron chi connectivity index (χ2n) is 10.4. The van der Waals surface area contributed by atoms with E-state index >= 15 is 0 Å². The van der Waals surface area contributed by atoms with Gasteiger partial charge >= 0.3 is 0 Å². The standard InChI is InChI=1S/C20H34O3/c1-17(2)14-10-18(3)6-5-13-16(18)20(17,8-7-19(13,4)23)12(11-21)9-15(14)22/h12-16,21-23H,5-11H2,1-4H3/t12-,13-,14+,15-,16+,18-,19-,20+/m0/s1. The first-order valence-electron chi connectivity index (χ1n) is 9.61. The molecule has 0 aromatic rings. The molecule has 23 heavy (non-hydrogen) atoms. The van der Waals surface area contributed by atoms with Crippen molar-refractivity contribution in [1.29, 1.82) is 0 Å². The molecule has 3 N–H and O–H groups in total. The van der Waals surface area contributed by atoms with E-state index in [9.17, 15) is 15.3 Å². The van der Waals surface area contributed by atoms with Gasteiger partial charge in [-0.3, -0.25) is 0 Å². The summed E-state index contributed by atoms with van der Waals surface area (Å²) < 4.78 is 0. The number of aliphatic hydroxyl groups is 3. The Bertz CT molecular complexity index is 513. The Labute approximate surface area is 140 Å². The molecule has 0 radical (unpaired) electrons. The molecule has 0 amide bonds. The van der Waals surface area contributed by atoms with Crippen LogP contribution in [-0.4, -0.2) is 33.6 Å². The topological polar surface area (TPSA) is 60.7 Å². The lowest BCUT2D eigenvalue weighted by atomic mass is 9.32. The SMILES string of the molecule is CC1(C)[C@@H]2C[C@]3(C)CC[C@H]4[C@H]3[C@@]1(CC[C@]4(C)O)[C@H](CO)C[C@@H]2O. The summed E-state index contributed by atoms with van der Waals surface area (Å²) in [5, 5.41) is 32.1. The van der Waals surface area contributed by atoms with Gasteiger partial charge in [0.15, 0.2) is 0 Å². The van der Waals surface area contributed by atoms with Gasteiger partial charge in [0, 0.05) is 6.61 Å². The summed E-state index contributed by atoms with van der Waals surface area (Å²) in [4.78, 5) is 0. The molecule has 1 spiro atoms. The van der Waals surface area contributed by atoms with Crippen LogP contribution >= 0.6 is 0 Å². The fraction of sp³-hybridized carbons (Fsp3) is 1.00. The first kappa shape index (κ1) is 16.4. The molecule has 3 nitrogen and oxygen atoms in total. The van der Waals surface area contributed by atoms with Crippen LogP contribution in [0.1, 0.15) is 66.2 Å². The lowest BCUT2D eigenvalue weighted by Gasteiger charge is -2.73. The summed E-state index contributed by atoms with van der Waals surface area (Å²) >= 11 is 0. The van der Waals surface area contributed by atoms with Crippen molar-refractivity contribution in [2.75, 3.05) is 6.61 Å². The van der Waals surface area contributed by atoms with Crippen molar-refractivity contribution < 1.29 is 15.3 Å². The van der Waals surface area contributed by atoms with Crippen LogP contribution in [0, 0.1) is 39.9 Å². The van der Waals surface area contributed by atoms with Gasteiger partial charge in [0.25, 0.3) is 0 Å². The zero-order chi connectivity index (χ0) is 16.8. The highest BCUT2D eigenvalue weighted by molar-refractivity contribution is 5.23. The minimum Gasteiger partial charge on any atom is -0.396 e. The number of aliphatic hydroxyl groups excluding tert-OH is 2. The highest BCUT2D eigenvalue weighted by atomic mass is 16.3. The van der Waals surface area contributed by atoms with E-state index in [0.717, 1.165) is 38.5 Å². The molecular formula is C20H34O3. The molecule has 132 valence electrons. The summed E-state index contributed by atoms with van der Waals surface area (Å²) in [6, 6.07) is 0. The summed E-state index contributed by atoms with van der Waals surface area (Å²) in [6.07, 6.45) is 5.65. The third kappa shape index (κ3) is 1.72. The van der Waals surface area contributed by atoms with Crippen LogP contribution in [0.4, 0.5) is 0 Å². The average Bonchev–Trinajstić information content (AvgIpc) is 2.81. The Morgan fingerprint density at radius 1 is 1.00 bits per heavy atom. The monoisotopic (exact) mass is 322 g/mol. The lowest BCUT2D eigenvalue weighted by Crippen LogP contribution is -2.70. The maximum absolute atomic E-state index is 11.1. The van der Waals surface area contributed by atoms with Crippen molar-refractivity contribution in [3.05, 3.63) is 0 Å². The highest BCUT2D eigenvalue weighted by Gasteiger charge is 2.74. The fourth-order valence-electron chi connectivity index (χ4n) is 8.30. The van der Waals surface area contributed by atoms with Crippen LogP contribution in [0.2, 0.25) is 0 Å². The zero-order valence-electron chi connectivity index (χ0n) is 15.2. The molecule has 8 atom stereocenters. The molecule has 0 saturated heterocycles. The third-order valence-electron chi connectivity index (χ3n) is 9.33. The summed E-state index contributed by atoms with van der Waals surface area (Å²) in [5.41, 5.74) is -0.250. The molecule has 0 aromatic heterocycles. The van der Waals surface area contributed by atoms with Crippen LogP contribution in [-0.2, 0) is 0 Å². The van der Waals surface area contributed by atoms with Crippen LogP contribution in [0.25, 0.3) is 0 Å². The Kier molecular flexibility index (Phi) is 3.22. The van der Waals surface area contributed by atoms with Gasteiger partial charge in [-0.05, 0) is 85.4 Å². The van der Waals surface area contributed by atoms with Crippen LogP contribution in [0.15, 0.2) is 0 Å². The molecule has 4 fully saturated rings. The second kappa shape index (κ2) is 4.53. The maximum Gasteiger partial charge on any atom is 0.0651 e. The van der Waals surface area contributed by atoms with Gasteiger partial charge in [-0.15, -0.1) is 0 Å². The lowest BCUT2D eigenvalue weighted by molar-refractivity contribution is -0.280. The van der Waals surface area contributed by atoms with Crippen molar-refractivity contribution in [1.82, 2.24) is 0 Å². The third-order valence-corrected chi connectivity index (χ3v) is 9.33. The largest absolute Gasteiger partial charge is 0.396 e. The molecule has 2 bridgehead atoms. The molecule has 0 heterocycles. The Morgan fingerprint density at radius 3 is 2.35 bits per heavy atom. The zero-order valence-corrected chi connectivity index (χ0v) is 15.2. The van der Waals surface area contributed by atoms with Crippen molar-refractivity contribution in [2.24, 2.45) is 39.9 Å². The van der Waals surface area contributed by atoms with E-state index < -0.39 is 5.60 Å². The van der Waals surface area contributed by atoms with Gasteiger partial charge in [0.05, 0.1) is 11.7 Å². The number of rotatable bonds is 1. The van der Waals surface area contributed by atoms with Gasteiger partial charge in [-0.2, -0.15) is 0 Å². The van der Waals surface area contributed by atoms with Crippen molar-refractivity contribution in [3.63, 3.8) is 0 Å². The van der Waals surface area contributed by atoms with E-state index in [0.29, 0.717) is 17.8 Å². The molecule has 4 saturated carbocycles. The van der Waals surface area contributed by atoms with E-state index in [1.165, 1.54) is 0 Å². The number of hydrogen-bond donors (Lipinski definition) is 3. The van der Waals surface area contributed by atoms with Gasteiger partial charge in [0.1, 0.15) is 0 Å². The molecule has 0 unspecified atom stereocenters. The maximum atomic E-state index is 11.1. The first-order valence-corrected chi connectivity index (χ1v) is 9.61. The van der Waals surface area contributed by atoms with Crippen molar-refractivity contribution in [3.8, 4) is 0 Å². The van der Waals surface area contributed by atoms with E-state index in [4.69, 9.17) is 0 Å². The summed E-state index contributed by atoms with van der Waals surface area (Å²) in [6.45, 7) is 9.31. The quantitative estimate of drug-likeness (QED) is 0.695. The van der Waals surface area contributed by atoms with Crippen LogP contribution < -0.4 is 0 Å². The molecule has 0 aromatic carbocycles. The van der Waals surface area contributed by atoms with E-state index in [2.05, 4.69) is 20.8 Å². The second-order valence-corrected chi connectivity index (χ2v) is 10.4. The number of fused-ring (bicyclic) bond motifs is 1. The van der Waals surface area contributed by atoms with Crippen LogP contribution in [0.5, 0.6) is 0 Å². The smallest absolute Gasteiger partial charge is 0.0651 e. The van der Waals surface area contributed by atoms with Gasteiger partial charge in [-0.1, -0.05) is 20.8 Å². The fourth-order valence-corrected chi connectivity index (χ4v) is 8.30. The highest BCUT2D eigenvalue weighted by Crippen LogP contribution is 2.78. The Hall–Kier alpha value is -0.120. The molecule has 0 aliphatic heterocycles. The summed E-state index contributed by atoms with van der Waals surface area (Å²) in [5.74, 6) is 1.33. The molecule has 4 aliphatic rings. The normalized spacial score (nSPS) is 60.4. The minimum atomic E-state index is -0.563. The van der Waals surface area contributed by atoms with Gasteiger partial charge in [0.2, 0.25) is 0 Å². The molecule has 3 heteroatoms. The molecule has 4 rings (SSSR count). The van der Waals surface area contributed by atoms with Crippen LogP contribution in [0.3, 0.4) is 0 Å². The van der Waals surface area contributed by atoms with Crippen molar-refractivity contribution >= 4 is 0 Å². The molecular weight excluding hydrogens is 288 g/mol. The predicted molar refractivity (Wildman–Crippen MR) is 89.7 cm³/mol.